The molecule has 0 spiro atoms. The maximum absolute atomic E-state index is 13.1. The van der Waals surface area contributed by atoms with Gasteiger partial charge in [-0.3, -0.25) is 4.79 Å². The van der Waals surface area contributed by atoms with Crippen LogP contribution in [0.15, 0.2) is 35.2 Å². The molecular formula is C21H24Cl2N2O6S. The van der Waals surface area contributed by atoms with Crippen molar-refractivity contribution in [2.24, 2.45) is 5.92 Å². The Balaban J connectivity index is 1.71. The molecule has 174 valence electrons. The number of methoxy groups -OCH3 is 3. The van der Waals surface area contributed by atoms with E-state index in [1.165, 1.54) is 37.8 Å². The molecule has 0 bridgehead atoms. The van der Waals surface area contributed by atoms with E-state index in [9.17, 15) is 13.2 Å². The minimum atomic E-state index is -3.82. The van der Waals surface area contributed by atoms with Gasteiger partial charge < -0.3 is 19.5 Å². The van der Waals surface area contributed by atoms with Gasteiger partial charge in [0.15, 0.2) is 0 Å². The van der Waals surface area contributed by atoms with Crippen molar-refractivity contribution in [3.05, 3.63) is 40.4 Å². The number of nitrogens with zero attached hydrogens (tertiary/aromatic N) is 1. The molecule has 0 aromatic heterocycles. The molecule has 2 aromatic rings. The maximum Gasteiger partial charge on any atom is 0.246 e. The number of hydrogen-bond donors (Lipinski definition) is 1. The van der Waals surface area contributed by atoms with Gasteiger partial charge in [-0.05, 0) is 31.0 Å². The SMILES string of the molecule is COc1cc(NC(=O)C2CCN(S(=O)(=O)c3cc(Cl)ccc3OC)CC2)c(OC)cc1Cl. The number of piperidine rings is 1. The molecule has 11 heteroatoms. The van der Waals surface area contributed by atoms with Crippen molar-refractivity contribution in [1.29, 1.82) is 0 Å². The van der Waals surface area contributed by atoms with Crippen LogP contribution >= 0.6 is 23.2 Å². The summed E-state index contributed by atoms with van der Waals surface area (Å²) in [6.07, 6.45) is 0.724. The number of benzene rings is 2. The minimum absolute atomic E-state index is 0.00778. The van der Waals surface area contributed by atoms with Crippen LogP contribution in [0.25, 0.3) is 0 Å². The lowest BCUT2D eigenvalue weighted by Crippen LogP contribution is -2.41. The van der Waals surface area contributed by atoms with Crippen molar-refractivity contribution in [2.75, 3.05) is 39.7 Å². The summed E-state index contributed by atoms with van der Waals surface area (Å²) in [7, 11) is 0.533. The summed E-state index contributed by atoms with van der Waals surface area (Å²) in [5.74, 6) is 0.425. The lowest BCUT2D eigenvalue weighted by molar-refractivity contribution is -0.120. The Labute approximate surface area is 197 Å². The van der Waals surface area contributed by atoms with Crippen molar-refractivity contribution < 1.29 is 27.4 Å². The van der Waals surface area contributed by atoms with E-state index in [1.807, 2.05) is 0 Å². The lowest BCUT2D eigenvalue weighted by atomic mass is 9.97. The molecule has 0 aliphatic carbocycles. The van der Waals surface area contributed by atoms with E-state index < -0.39 is 10.0 Å². The summed E-state index contributed by atoms with van der Waals surface area (Å²) in [4.78, 5) is 12.9. The molecule has 0 radical (unpaired) electrons. The number of nitrogens with one attached hydrogen (secondary N) is 1. The lowest BCUT2D eigenvalue weighted by Gasteiger charge is -2.31. The Bertz CT molecular complexity index is 1100. The van der Waals surface area contributed by atoms with Gasteiger partial charge in [-0.25, -0.2) is 8.42 Å². The van der Waals surface area contributed by atoms with E-state index in [-0.39, 0.29) is 35.6 Å². The number of carbonyl (C=O) groups is 1. The summed E-state index contributed by atoms with van der Waals surface area (Å²) < 4.78 is 43.3. The smallest absolute Gasteiger partial charge is 0.246 e. The van der Waals surface area contributed by atoms with Crippen LogP contribution in [0.4, 0.5) is 5.69 Å². The van der Waals surface area contributed by atoms with Gasteiger partial charge in [-0.15, -0.1) is 0 Å². The Kier molecular flexibility index (Phi) is 7.76. The highest BCUT2D eigenvalue weighted by Crippen LogP contribution is 2.37. The summed E-state index contributed by atoms with van der Waals surface area (Å²) in [5, 5.41) is 3.49. The largest absolute Gasteiger partial charge is 0.495 e. The first-order chi connectivity index (χ1) is 15.2. The van der Waals surface area contributed by atoms with Crippen molar-refractivity contribution >= 4 is 44.8 Å². The van der Waals surface area contributed by atoms with Gasteiger partial charge in [0.05, 0.1) is 32.0 Å². The summed E-state index contributed by atoms with van der Waals surface area (Å²) in [5.41, 5.74) is 0.428. The highest BCUT2D eigenvalue weighted by Gasteiger charge is 2.34. The molecule has 0 atom stereocenters. The van der Waals surface area contributed by atoms with Gasteiger partial charge in [0, 0.05) is 36.2 Å². The highest BCUT2D eigenvalue weighted by molar-refractivity contribution is 7.89. The first-order valence-corrected chi connectivity index (χ1v) is 12.0. The quantitative estimate of drug-likeness (QED) is 0.613. The number of halogens is 2. The average Bonchev–Trinajstić information content (AvgIpc) is 2.79. The van der Waals surface area contributed by atoms with Crippen LogP contribution in [0.5, 0.6) is 17.2 Å². The number of ether oxygens (including phenoxy) is 3. The van der Waals surface area contributed by atoms with Crippen molar-refractivity contribution in [3.8, 4) is 17.2 Å². The molecular weight excluding hydrogens is 479 g/mol. The number of amides is 1. The molecule has 32 heavy (non-hydrogen) atoms. The normalized spacial score (nSPS) is 15.3. The second-order valence-corrected chi connectivity index (χ2v) is 9.90. The van der Waals surface area contributed by atoms with E-state index in [4.69, 9.17) is 37.4 Å². The van der Waals surface area contributed by atoms with Gasteiger partial charge in [-0.2, -0.15) is 4.31 Å². The molecule has 2 aromatic carbocycles. The zero-order valence-electron chi connectivity index (χ0n) is 17.9. The van der Waals surface area contributed by atoms with Crippen molar-refractivity contribution in [1.82, 2.24) is 4.31 Å². The minimum Gasteiger partial charge on any atom is -0.495 e. The molecule has 1 aliphatic heterocycles. The molecule has 1 fully saturated rings. The van der Waals surface area contributed by atoms with Gasteiger partial charge in [0.1, 0.15) is 22.1 Å². The van der Waals surface area contributed by atoms with Crippen LogP contribution in [-0.4, -0.2) is 53.0 Å². The van der Waals surface area contributed by atoms with Crippen LogP contribution in [-0.2, 0) is 14.8 Å². The van der Waals surface area contributed by atoms with Crippen LogP contribution in [0, 0.1) is 5.92 Å². The molecule has 3 rings (SSSR count). The average molecular weight is 503 g/mol. The Morgan fingerprint density at radius 3 is 2.19 bits per heavy atom. The van der Waals surface area contributed by atoms with Gasteiger partial charge in [0.2, 0.25) is 15.9 Å². The molecule has 1 N–H and O–H groups in total. The molecule has 1 saturated heterocycles. The fourth-order valence-electron chi connectivity index (χ4n) is 3.54. The van der Waals surface area contributed by atoms with Crippen LogP contribution in [0.2, 0.25) is 10.0 Å². The first kappa shape index (κ1) is 24.4. The van der Waals surface area contributed by atoms with Crippen molar-refractivity contribution in [3.63, 3.8) is 0 Å². The van der Waals surface area contributed by atoms with Gasteiger partial charge in [0.25, 0.3) is 0 Å². The molecule has 1 aliphatic rings. The van der Waals surface area contributed by atoms with Gasteiger partial charge >= 0.3 is 0 Å². The third kappa shape index (κ3) is 5.06. The monoisotopic (exact) mass is 502 g/mol. The van der Waals surface area contributed by atoms with Crippen molar-refractivity contribution in [2.45, 2.75) is 17.7 Å². The number of sulfonamides is 1. The molecule has 8 nitrogen and oxygen atoms in total. The number of carbonyl (C=O) groups excluding carboxylic acids is 1. The summed E-state index contributed by atoms with van der Waals surface area (Å²) in [6, 6.07) is 7.60. The predicted octanol–water partition coefficient (Wildman–Crippen LogP) is 4.06. The van der Waals surface area contributed by atoms with E-state index in [2.05, 4.69) is 5.32 Å². The van der Waals surface area contributed by atoms with Crippen LogP contribution in [0.1, 0.15) is 12.8 Å². The Morgan fingerprint density at radius 2 is 1.59 bits per heavy atom. The van der Waals surface area contributed by atoms with Gasteiger partial charge in [-0.1, -0.05) is 23.2 Å². The molecule has 0 saturated carbocycles. The third-order valence-electron chi connectivity index (χ3n) is 5.30. The highest BCUT2D eigenvalue weighted by atomic mass is 35.5. The van der Waals surface area contributed by atoms with E-state index >= 15 is 0 Å². The topological polar surface area (TPSA) is 94.2 Å². The van der Waals surface area contributed by atoms with E-state index in [0.717, 1.165) is 0 Å². The second-order valence-electron chi connectivity index (χ2n) is 7.15. The fraction of sp³-hybridized carbons (Fsp3) is 0.381. The summed E-state index contributed by atoms with van der Waals surface area (Å²) >= 11 is 12.1. The molecule has 0 unspecified atom stereocenters. The second kappa shape index (κ2) is 10.2. The molecule has 1 amide bonds. The number of hydrogen-bond acceptors (Lipinski definition) is 6. The van der Waals surface area contributed by atoms with Crippen LogP contribution in [0.3, 0.4) is 0 Å². The number of rotatable bonds is 7. The third-order valence-corrected chi connectivity index (χ3v) is 7.75. The zero-order valence-corrected chi connectivity index (χ0v) is 20.2. The summed E-state index contributed by atoms with van der Waals surface area (Å²) in [6.45, 7) is 0.383. The van der Waals surface area contributed by atoms with E-state index in [1.54, 1.807) is 18.2 Å². The molecule has 1 heterocycles. The van der Waals surface area contributed by atoms with E-state index in [0.29, 0.717) is 40.1 Å². The Morgan fingerprint density at radius 1 is 0.969 bits per heavy atom. The van der Waals surface area contributed by atoms with Crippen LogP contribution < -0.4 is 19.5 Å². The predicted molar refractivity (Wildman–Crippen MR) is 123 cm³/mol. The fourth-order valence-corrected chi connectivity index (χ4v) is 5.66. The maximum atomic E-state index is 13.1. The zero-order chi connectivity index (χ0) is 23.5. The number of anilines is 1. The first-order valence-electron chi connectivity index (χ1n) is 9.77. The standard InChI is InChI=1S/C21H24Cl2N2O6S/c1-29-17-5-4-14(22)10-20(17)32(27,28)25-8-6-13(7-9-25)21(26)24-16-12-18(30-2)15(23)11-19(16)31-3/h4-5,10-13H,6-9H2,1-3H3,(H,24,26). The Hall–Kier alpha value is -2.20.